The lowest BCUT2D eigenvalue weighted by atomic mass is 9.80. The molecule has 106 valence electrons. The highest BCUT2D eigenvalue weighted by atomic mass is 79.9. The van der Waals surface area contributed by atoms with Crippen molar-refractivity contribution in [3.8, 4) is 0 Å². The van der Waals surface area contributed by atoms with E-state index in [1.807, 2.05) is 0 Å². The van der Waals surface area contributed by atoms with Crippen molar-refractivity contribution in [2.75, 3.05) is 6.61 Å². The lowest BCUT2D eigenvalue weighted by Gasteiger charge is -2.44. The van der Waals surface area contributed by atoms with E-state index in [2.05, 4.69) is 36.7 Å². The van der Waals surface area contributed by atoms with Crippen molar-refractivity contribution in [2.45, 2.75) is 76.0 Å². The van der Waals surface area contributed by atoms with E-state index >= 15 is 0 Å². The normalized spacial score (nSPS) is 44.7. The molecule has 0 heterocycles. The van der Waals surface area contributed by atoms with Crippen molar-refractivity contribution in [2.24, 2.45) is 11.8 Å². The fourth-order valence-electron chi connectivity index (χ4n) is 2.99. The van der Waals surface area contributed by atoms with E-state index in [1.54, 1.807) is 0 Å². The fraction of sp³-hybridized carbons (Fsp3) is 1.00. The highest BCUT2D eigenvalue weighted by Crippen LogP contribution is 2.38. The van der Waals surface area contributed by atoms with Crippen LogP contribution in [0, 0.1) is 11.8 Å². The molecule has 0 radical (unpaired) electrons. The van der Waals surface area contributed by atoms with Crippen LogP contribution in [0.2, 0.25) is 0 Å². The summed E-state index contributed by atoms with van der Waals surface area (Å²) in [6.45, 7) is 7.73. The van der Waals surface area contributed by atoms with E-state index < -0.39 is 0 Å². The lowest BCUT2D eigenvalue weighted by molar-refractivity contribution is -0.156. The lowest BCUT2D eigenvalue weighted by Crippen LogP contribution is -2.52. The van der Waals surface area contributed by atoms with Gasteiger partial charge in [-0.2, -0.15) is 0 Å². The number of ether oxygens (including phenoxy) is 2. The number of alkyl halides is 1. The minimum atomic E-state index is 0.277. The molecule has 0 saturated heterocycles. The van der Waals surface area contributed by atoms with Crippen LogP contribution in [0.4, 0.5) is 0 Å². The maximum absolute atomic E-state index is 6.27. The van der Waals surface area contributed by atoms with Gasteiger partial charge in [-0.05, 0) is 43.9 Å². The molecule has 2 rings (SSSR count). The maximum atomic E-state index is 6.27. The number of hydrogen-bond acceptors (Lipinski definition) is 2. The van der Waals surface area contributed by atoms with Crippen molar-refractivity contribution in [3.63, 3.8) is 0 Å². The second kappa shape index (κ2) is 6.71. The summed E-state index contributed by atoms with van der Waals surface area (Å²) in [6.07, 6.45) is 7.03. The van der Waals surface area contributed by atoms with Crippen LogP contribution in [-0.4, -0.2) is 29.7 Å². The van der Waals surface area contributed by atoms with Crippen LogP contribution in [0.25, 0.3) is 0 Å². The Hall–Kier alpha value is 0.400. The number of hydrogen-bond donors (Lipinski definition) is 0. The zero-order valence-corrected chi connectivity index (χ0v) is 13.5. The Morgan fingerprint density at radius 3 is 2.50 bits per heavy atom. The molecule has 18 heavy (non-hydrogen) atoms. The maximum Gasteiger partial charge on any atom is 0.0962 e. The van der Waals surface area contributed by atoms with E-state index in [-0.39, 0.29) is 6.10 Å². The molecule has 0 aromatic carbocycles. The first-order valence-corrected chi connectivity index (χ1v) is 8.44. The minimum Gasteiger partial charge on any atom is -0.374 e. The average molecular weight is 319 g/mol. The smallest absolute Gasteiger partial charge is 0.0962 e. The highest BCUT2D eigenvalue weighted by Gasteiger charge is 2.43. The summed E-state index contributed by atoms with van der Waals surface area (Å²) in [5.41, 5.74) is 0. The number of rotatable bonds is 5. The third-order valence-corrected chi connectivity index (χ3v) is 5.51. The van der Waals surface area contributed by atoms with Crippen molar-refractivity contribution in [1.82, 2.24) is 0 Å². The minimum absolute atomic E-state index is 0.277. The molecular formula is C15H27BrO2. The summed E-state index contributed by atoms with van der Waals surface area (Å²) in [5, 5.41) is 0. The van der Waals surface area contributed by atoms with Crippen molar-refractivity contribution in [3.05, 3.63) is 0 Å². The van der Waals surface area contributed by atoms with Gasteiger partial charge in [-0.25, -0.2) is 0 Å². The Kier molecular flexibility index (Phi) is 5.52. The van der Waals surface area contributed by atoms with Crippen molar-refractivity contribution in [1.29, 1.82) is 0 Å². The molecular weight excluding hydrogens is 292 g/mol. The van der Waals surface area contributed by atoms with Gasteiger partial charge in [-0.3, -0.25) is 0 Å². The van der Waals surface area contributed by atoms with E-state index in [0.29, 0.717) is 17.0 Å². The van der Waals surface area contributed by atoms with Gasteiger partial charge in [0.1, 0.15) is 0 Å². The molecule has 2 aliphatic rings. The predicted molar refractivity (Wildman–Crippen MR) is 78.2 cm³/mol. The summed E-state index contributed by atoms with van der Waals surface area (Å²) in [6, 6.07) is 0. The van der Waals surface area contributed by atoms with Gasteiger partial charge in [0, 0.05) is 11.4 Å². The zero-order chi connectivity index (χ0) is 13.1. The standard InChI is InChI=1S/C15H27BrO2/c1-4-7-17-15-13(16)9-14(15)18-12-6-5-10(2)11(3)8-12/h10-15H,4-9H2,1-3H3. The Morgan fingerprint density at radius 2 is 1.89 bits per heavy atom. The van der Waals surface area contributed by atoms with Gasteiger partial charge >= 0.3 is 0 Å². The quantitative estimate of drug-likeness (QED) is 0.709. The Balaban J connectivity index is 1.76. The first-order chi connectivity index (χ1) is 8.61. The van der Waals surface area contributed by atoms with Crippen molar-refractivity contribution >= 4 is 15.9 Å². The van der Waals surface area contributed by atoms with Crippen LogP contribution in [0.5, 0.6) is 0 Å². The highest BCUT2D eigenvalue weighted by molar-refractivity contribution is 9.09. The molecule has 0 aromatic heterocycles. The fourth-order valence-corrected chi connectivity index (χ4v) is 3.86. The van der Waals surface area contributed by atoms with E-state index in [0.717, 1.165) is 31.3 Å². The second-order valence-corrected chi connectivity index (χ2v) is 7.33. The largest absolute Gasteiger partial charge is 0.374 e. The Morgan fingerprint density at radius 1 is 1.11 bits per heavy atom. The third kappa shape index (κ3) is 3.49. The monoisotopic (exact) mass is 318 g/mol. The van der Waals surface area contributed by atoms with Gasteiger partial charge < -0.3 is 9.47 Å². The second-order valence-electron chi connectivity index (χ2n) is 6.15. The number of halogens is 1. The molecule has 0 aliphatic heterocycles. The first kappa shape index (κ1) is 14.8. The van der Waals surface area contributed by atoms with E-state index in [4.69, 9.17) is 9.47 Å². The van der Waals surface area contributed by atoms with Gasteiger partial charge in [-0.1, -0.05) is 36.7 Å². The summed E-state index contributed by atoms with van der Waals surface area (Å²) < 4.78 is 12.1. The van der Waals surface area contributed by atoms with Crippen LogP contribution in [0.3, 0.4) is 0 Å². The summed E-state index contributed by atoms with van der Waals surface area (Å²) in [5.74, 6) is 1.67. The van der Waals surface area contributed by atoms with Gasteiger partial charge in [0.25, 0.3) is 0 Å². The van der Waals surface area contributed by atoms with Crippen molar-refractivity contribution < 1.29 is 9.47 Å². The molecule has 6 unspecified atom stereocenters. The molecule has 2 aliphatic carbocycles. The molecule has 0 N–H and O–H groups in total. The van der Waals surface area contributed by atoms with Gasteiger partial charge in [0.05, 0.1) is 18.3 Å². The first-order valence-electron chi connectivity index (χ1n) is 7.53. The molecule has 2 fully saturated rings. The zero-order valence-electron chi connectivity index (χ0n) is 11.9. The van der Waals surface area contributed by atoms with Gasteiger partial charge in [0.2, 0.25) is 0 Å². The van der Waals surface area contributed by atoms with E-state index in [1.165, 1.54) is 19.3 Å². The van der Waals surface area contributed by atoms with Crippen LogP contribution < -0.4 is 0 Å². The summed E-state index contributed by atoms with van der Waals surface area (Å²) in [4.78, 5) is 0.494. The van der Waals surface area contributed by atoms with Crippen LogP contribution >= 0.6 is 15.9 Å². The Labute approximate surface area is 120 Å². The summed E-state index contributed by atoms with van der Waals surface area (Å²) in [7, 11) is 0. The predicted octanol–water partition coefficient (Wildman–Crippen LogP) is 4.16. The molecule has 6 atom stereocenters. The topological polar surface area (TPSA) is 18.5 Å². The SMILES string of the molecule is CCCOC1C(Br)CC1OC1CCC(C)C(C)C1. The molecule has 2 nitrogen and oxygen atoms in total. The molecule has 0 bridgehead atoms. The molecule has 3 heteroatoms. The van der Waals surface area contributed by atoms with Crippen LogP contribution in [0.15, 0.2) is 0 Å². The molecule has 0 aromatic rings. The Bertz CT molecular complexity index is 259. The van der Waals surface area contributed by atoms with Gasteiger partial charge in [-0.15, -0.1) is 0 Å². The average Bonchev–Trinajstić information content (AvgIpc) is 2.33. The third-order valence-electron chi connectivity index (χ3n) is 4.61. The molecule has 0 spiro atoms. The molecule has 0 amide bonds. The van der Waals surface area contributed by atoms with Gasteiger partial charge in [0.15, 0.2) is 0 Å². The summed E-state index contributed by atoms with van der Waals surface area (Å²) >= 11 is 3.68. The molecule has 2 saturated carbocycles. The van der Waals surface area contributed by atoms with Crippen LogP contribution in [0.1, 0.15) is 52.9 Å². The van der Waals surface area contributed by atoms with Crippen LogP contribution in [-0.2, 0) is 9.47 Å². The van der Waals surface area contributed by atoms with E-state index in [9.17, 15) is 0 Å².